The second-order valence-corrected chi connectivity index (χ2v) is 5.80. The van der Waals surface area contributed by atoms with Crippen molar-refractivity contribution < 1.29 is 4.52 Å². The predicted octanol–water partition coefficient (Wildman–Crippen LogP) is 4.82. The van der Waals surface area contributed by atoms with Crippen molar-refractivity contribution in [1.82, 2.24) is 5.16 Å². The van der Waals surface area contributed by atoms with E-state index in [0.717, 1.165) is 5.56 Å². The van der Waals surface area contributed by atoms with Gasteiger partial charge in [0.25, 0.3) is 3.79 Å². The van der Waals surface area contributed by atoms with E-state index >= 15 is 0 Å². The molecular weight excluding hydrogens is 292 g/mol. The van der Waals surface area contributed by atoms with Crippen molar-refractivity contribution >= 4 is 46.4 Å². The third-order valence-corrected chi connectivity index (χ3v) is 2.74. The smallest absolute Gasteiger partial charge is 0.250 e. The van der Waals surface area contributed by atoms with Crippen LogP contribution in [0, 0.1) is 0 Å². The first-order valence-electron chi connectivity index (χ1n) is 4.26. The largest absolute Gasteiger partial charge is 0.356 e. The third-order valence-electron chi connectivity index (χ3n) is 1.93. The first-order valence-corrected chi connectivity index (χ1v) is 5.78. The summed E-state index contributed by atoms with van der Waals surface area (Å²) in [6, 6.07) is 8.70. The maximum Gasteiger partial charge on any atom is 0.250 e. The normalized spacial score (nSPS) is 11.8. The molecule has 6 heteroatoms. The molecule has 0 unspecified atom stereocenters. The number of rotatable bonds is 1. The van der Waals surface area contributed by atoms with Crippen LogP contribution in [0.4, 0.5) is 0 Å². The van der Waals surface area contributed by atoms with Crippen LogP contribution < -0.4 is 0 Å². The highest BCUT2D eigenvalue weighted by Crippen LogP contribution is 2.39. The van der Waals surface area contributed by atoms with Gasteiger partial charge in [-0.15, -0.1) is 0 Å². The Balaban J connectivity index is 2.35. The number of benzene rings is 1. The molecule has 0 atom stereocenters. The van der Waals surface area contributed by atoms with Gasteiger partial charge < -0.3 is 4.52 Å². The molecule has 2 rings (SSSR count). The van der Waals surface area contributed by atoms with Crippen molar-refractivity contribution in [2.24, 2.45) is 0 Å². The van der Waals surface area contributed by atoms with Crippen LogP contribution in [0.15, 0.2) is 34.9 Å². The second kappa shape index (κ2) is 4.46. The van der Waals surface area contributed by atoms with E-state index in [2.05, 4.69) is 5.16 Å². The summed E-state index contributed by atoms with van der Waals surface area (Å²) in [5.74, 6) is 0.183. The molecule has 0 spiro atoms. The van der Waals surface area contributed by atoms with Crippen molar-refractivity contribution in [3.63, 3.8) is 0 Å². The van der Waals surface area contributed by atoms with E-state index in [1.807, 2.05) is 12.1 Å². The van der Waals surface area contributed by atoms with Gasteiger partial charge in [-0.3, -0.25) is 0 Å². The van der Waals surface area contributed by atoms with Gasteiger partial charge in [-0.1, -0.05) is 63.7 Å². The monoisotopic (exact) mass is 295 g/mol. The van der Waals surface area contributed by atoms with E-state index in [1.165, 1.54) is 0 Å². The first-order chi connectivity index (χ1) is 7.47. The summed E-state index contributed by atoms with van der Waals surface area (Å²) in [5.41, 5.74) is 1.44. The molecule has 0 aliphatic rings. The number of nitrogens with zero attached hydrogens (tertiary/aromatic N) is 1. The summed E-state index contributed by atoms with van der Waals surface area (Å²) in [7, 11) is 0. The lowest BCUT2D eigenvalue weighted by Crippen LogP contribution is -1.96. The molecule has 0 amide bonds. The van der Waals surface area contributed by atoms with Crippen LogP contribution in [-0.4, -0.2) is 5.16 Å². The molecule has 0 bridgehead atoms. The van der Waals surface area contributed by atoms with Gasteiger partial charge in [0.15, 0.2) is 5.76 Å². The lowest BCUT2D eigenvalue weighted by Gasteiger charge is -2.02. The highest BCUT2D eigenvalue weighted by molar-refractivity contribution is 6.66. The van der Waals surface area contributed by atoms with Gasteiger partial charge in [0.2, 0.25) is 0 Å². The van der Waals surface area contributed by atoms with Crippen LogP contribution in [0.2, 0.25) is 5.02 Å². The van der Waals surface area contributed by atoms with E-state index in [-0.39, 0.29) is 5.76 Å². The van der Waals surface area contributed by atoms with E-state index < -0.39 is 3.79 Å². The van der Waals surface area contributed by atoms with Crippen molar-refractivity contribution in [3.8, 4) is 11.3 Å². The highest BCUT2D eigenvalue weighted by Gasteiger charge is 2.28. The van der Waals surface area contributed by atoms with Crippen molar-refractivity contribution in [2.45, 2.75) is 3.79 Å². The summed E-state index contributed by atoms with van der Waals surface area (Å²) in [6.45, 7) is 0. The number of halogens is 4. The minimum atomic E-state index is -1.60. The van der Waals surface area contributed by atoms with Crippen LogP contribution in [0.1, 0.15) is 5.76 Å². The van der Waals surface area contributed by atoms with Crippen molar-refractivity contribution in [3.05, 3.63) is 41.1 Å². The quantitative estimate of drug-likeness (QED) is 0.705. The van der Waals surface area contributed by atoms with Gasteiger partial charge in [0, 0.05) is 16.7 Å². The zero-order valence-corrected chi connectivity index (χ0v) is 10.8. The van der Waals surface area contributed by atoms with E-state index in [1.54, 1.807) is 18.2 Å². The predicted molar refractivity (Wildman–Crippen MR) is 66.2 cm³/mol. The molecule has 0 N–H and O–H groups in total. The molecule has 1 heterocycles. The average molecular weight is 297 g/mol. The molecule has 1 aromatic carbocycles. The number of alkyl halides is 3. The standard InChI is InChI=1S/C10H5Cl4NO/c11-7-3-1-6(2-4-7)8-5-9(16-15-8)10(12,13)14/h1-5H. The fourth-order valence-electron chi connectivity index (χ4n) is 1.17. The third kappa shape index (κ3) is 2.64. The van der Waals surface area contributed by atoms with Gasteiger partial charge in [-0.25, -0.2) is 0 Å². The number of aromatic nitrogens is 1. The second-order valence-electron chi connectivity index (χ2n) is 3.08. The summed E-state index contributed by atoms with van der Waals surface area (Å²) in [6.07, 6.45) is 0. The number of hydrogen-bond acceptors (Lipinski definition) is 2. The molecule has 0 saturated heterocycles. The zero-order valence-electron chi connectivity index (χ0n) is 7.75. The summed E-state index contributed by atoms with van der Waals surface area (Å²) in [5, 5.41) is 4.46. The molecule has 1 aromatic heterocycles. The molecule has 0 aliphatic heterocycles. The van der Waals surface area contributed by atoms with Crippen LogP contribution in [0.25, 0.3) is 11.3 Å². The maximum absolute atomic E-state index is 5.77. The van der Waals surface area contributed by atoms with E-state index in [4.69, 9.17) is 50.9 Å². The Kier molecular flexibility index (Phi) is 3.36. The molecule has 16 heavy (non-hydrogen) atoms. The zero-order chi connectivity index (χ0) is 11.8. The van der Waals surface area contributed by atoms with Crippen LogP contribution >= 0.6 is 46.4 Å². The molecule has 84 valence electrons. The SMILES string of the molecule is Clc1ccc(-c2cc(C(Cl)(Cl)Cl)on2)cc1. The maximum atomic E-state index is 5.77. The molecule has 0 aliphatic carbocycles. The summed E-state index contributed by atoms with van der Waals surface area (Å²) < 4.78 is 3.34. The van der Waals surface area contributed by atoms with Gasteiger partial charge in [0.1, 0.15) is 5.69 Å². The van der Waals surface area contributed by atoms with Gasteiger partial charge >= 0.3 is 0 Å². The topological polar surface area (TPSA) is 26.0 Å². The summed E-state index contributed by atoms with van der Waals surface area (Å²) in [4.78, 5) is 0. The van der Waals surface area contributed by atoms with Crippen LogP contribution in [0.3, 0.4) is 0 Å². The Morgan fingerprint density at radius 1 is 1.06 bits per heavy atom. The van der Waals surface area contributed by atoms with Crippen molar-refractivity contribution in [1.29, 1.82) is 0 Å². The molecule has 0 saturated carbocycles. The Labute approximate surface area is 112 Å². The van der Waals surface area contributed by atoms with E-state index in [9.17, 15) is 0 Å². The lowest BCUT2D eigenvalue weighted by atomic mass is 10.1. The summed E-state index contributed by atoms with van der Waals surface area (Å²) >= 11 is 22.8. The Morgan fingerprint density at radius 3 is 2.19 bits per heavy atom. The lowest BCUT2D eigenvalue weighted by molar-refractivity contribution is 0.389. The minimum Gasteiger partial charge on any atom is -0.356 e. The van der Waals surface area contributed by atoms with Crippen molar-refractivity contribution in [2.75, 3.05) is 0 Å². The molecule has 2 nitrogen and oxygen atoms in total. The Hall–Kier alpha value is -0.410. The molecule has 2 aromatic rings. The van der Waals surface area contributed by atoms with Crippen LogP contribution in [-0.2, 0) is 3.79 Å². The van der Waals surface area contributed by atoms with E-state index in [0.29, 0.717) is 10.7 Å². The Bertz CT molecular complexity index is 486. The fraction of sp³-hybridized carbons (Fsp3) is 0.100. The fourth-order valence-corrected chi connectivity index (χ4v) is 1.56. The van der Waals surface area contributed by atoms with Crippen LogP contribution in [0.5, 0.6) is 0 Å². The minimum absolute atomic E-state index is 0.183. The number of hydrogen-bond donors (Lipinski definition) is 0. The molecule has 0 radical (unpaired) electrons. The van der Waals surface area contributed by atoms with Gasteiger partial charge in [0.05, 0.1) is 0 Å². The molecule has 0 fully saturated rings. The highest BCUT2D eigenvalue weighted by atomic mass is 35.6. The van der Waals surface area contributed by atoms with Gasteiger partial charge in [-0.05, 0) is 12.1 Å². The first kappa shape index (κ1) is 12.1. The Morgan fingerprint density at radius 2 is 1.69 bits per heavy atom. The average Bonchev–Trinajstić information content (AvgIpc) is 2.67. The van der Waals surface area contributed by atoms with Gasteiger partial charge in [-0.2, -0.15) is 0 Å². The molecular formula is C10H5Cl4NO.